The molecule has 1 heterocycles. The van der Waals surface area contributed by atoms with Gasteiger partial charge in [-0.3, -0.25) is 19.3 Å². The number of benzene rings is 1. The third kappa shape index (κ3) is 3.68. The van der Waals surface area contributed by atoms with E-state index in [-0.39, 0.29) is 5.91 Å². The van der Waals surface area contributed by atoms with Crippen LogP contribution in [0.25, 0.3) is 0 Å². The molecule has 0 bridgehead atoms. The van der Waals surface area contributed by atoms with E-state index in [2.05, 4.69) is 5.32 Å². The van der Waals surface area contributed by atoms with Gasteiger partial charge in [0.1, 0.15) is 12.1 Å². The van der Waals surface area contributed by atoms with Gasteiger partial charge in [-0.2, -0.15) is 0 Å². The lowest BCUT2D eigenvalue weighted by molar-refractivity contribution is -0.159. The first kappa shape index (κ1) is 19.4. The standard InChI is InChI=1S/C18H23N3O5/c1-11-6-8-13(9-7-11)18(3)16(24)21(17(25)19-18)10-14(22)26-12(2)15(23)20(4)5/h6-9,12H,10H2,1-5H3,(H,19,25)/t12-,18-/m1/s1. The van der Waals surface area contributed by atoms with Crippen LogP contribution < -0.4 is 5.32 Å². The fourth-order valence-electron chi connectivity index (χ4n) is 2.70. The van der Waals surface area contributed by atoms with Crippen molar-refractivity contribution in [2.45, 2.75) is 32.4 Å². The minimum Gasteiger partial charge on any atom is -0.451 e. The van der Waals surface area contributed by atoms with Crippen LogP contribution in [0.15, 0.2) is 24.3 Å². The first-order valence-corrected chi connectivity index (χ1v) is 8.18. The number of carbonyl (C=O) groups is 4. The number of imide groups is 1. The van der Waals surface area contributed by atoms with Crippen molar-refractivity contribution >= 4 is 23.8 Å². The molecule has 140 valence electrons. The molecule has 0 aliphatic carbocycles. The van der Waals surface area contributed by atoms with Crippen molar-refractivity contribution < 1.29 is 23.9 Å². The molecule has 1 aromatic rings. The maximum absolute atomic E-state index is 12.7. The van der Waals surface area contributed by atoms with Gasteiger partial charge >= 0.3 is 12.0 Å². The number of hydrogen-bond donors (Lipinski definition) is 1. The molecule has 2 rings (SSSR count). The third-order valence-electron chi connectivity index (χ3n) is 4.29. The Morgan fingerprint density at radius 1 is 1.23 bits per heavy atom. The highest BCUT2D eigenvalue weighted by molar-refractivity contribution is 6.08. The second-order valence-corrected chi connectivity index (χ2v) is 6.68. The molecule has 0 unspecified atom stereocenters. The molecule has 0 spiro atoms. The summed E-state index contributed by atoms with van der Waals surface area (Å²) in [5.74, 6) is -1.76. The Balaban J connectivity index is 2.10. The number of aryl methyl sites for hydroxylation is 1. The summed E-state index contributed by atoms with van der Waals surface area (Å²) in [5, 5.41) is 2.62. The SMILES string of the molecule is Cc1ccc([C@@]2(C)NC(=O)N(CC(=O)O[C@H](C)C(=O)N(C)C)C2=O)cc1. The molecular formula is C18H23N3O5. The Kier molecular flexibility index (Phi) is 5.34. The van der Waals surface area contributed by atoms with Crippen molar-refractivity contribution in [1.29, 1.82) is 0 Å². The van der Waals surface area contributed by atoms with Crippen LogP contribution in [0, 0.1) is 6.92 Å². The van der Waals surface area contributed by atoms with E-state index in [1.807, 2.05) is 19.1 Å². The number of ether oxygens (including phenoxy) is 1. The smallest absolute Gasteiger partial charge is 0.327 e. The zero-order valence-electron chi connectivity index (χ0n) is 15.5. The lowest BCUT2D eigenvalue weighted by Gasteiger charge is -2.22. The number of hydrogen-bond acceptors (Lipinski definition) is 5. The molecule has 1 aliphatic heterocycles. The lowest BCUT2D eigenvalue weighted by Crippen LogP contribution is -2.42. The molecule has 1 aromatic carbocycles. The Hall–Kier alpha value is -2.90. The summed E-state index contributed by atoms with van der Waals surface area (Å²) in [6.07, 6.45) is -0.998. The summed E-state index contributed by atoms with van der Waals surface area (Å²) in [7, 11) is 3.08. The van der Waals surface area contributed by atoms with Crippen LogP contribution >= 0.6 is 0 Å². The van der Waals surface area contributed by atoms with E-state index in [0.29, 0.717) is 5.56 Å². The molecule has 26 heavy (non-hydrogen) atoms. The highest BCUT2D eigenvalue weighted by Gasteiger charge is 2.49. The summed E-state index contributed by atoms with van der Waals surface area (Å²) in [4.78, 5) is 50.9. The van der Waals surface area contributed by atoms with Gasteiger partial charge in [-0.05, 0) is 26.3 Å². The van der Waals surface area contributed by atoms with E-state index in [0.717, 1.165) is 10.5 Å². The minimum absolute atomic E-state index is 0.389. The molecule has 0 radical (unpaired) electrons. The normalized spacial score (nSPS) is 20.6. The van der Waals surface area contributed by atoms with Crippen molar-refractivity contribution in [3.63, 3.8) is 0 Å². The first-order valence-electron chi connectivity index (χ1n) is 8.18. The van der Waals surface area contributed by atoms with Crippen LogP contribution in [0.3, 0.4) is 0 Å². The molecule has 8 heteroatoms. The number of nitrogens with zero attached hydrogens (tertiary/aromatic N) is 2. The van der Waals surface area contributed by atoms with E-state index < -0.39 is 36.1 Å². The number of likely N-dealkylation sites (N-methyl/N-ethyl adjacent to an activating group) is 1. The number of urea groups is 1. The van der Waals surface area contributed by atoms with Crippen molar-refractivity contribution in [1.82, 2.24) is 15.1 Å². The van der Waals surface area contributed by atoms with Crippen molar-refractivity contribution in [3.05, 3.63) is 35.4 Å². The van der Waals surface area contributed by atoms with Crippen LogP contribution in [0.4, 0.5) is 4.79 Å². The van der Waals surface area contributed by atoms with Crippen molar-refractivity contribution in [3.8, 4) is 0 Å². The quantitative estimate of drug-likeness (QED) is 0.618. The van der Waals surface area contributed by atoms with E-state index in [4.69, 9.17) is 4.74 Å². The number of esters is 1. The number of nitrogens with one attached hydrogen (secondary N) is 1. The van der Waals surface area contributed by atoms with E-state index >= 15 is 0 Å². The highest BCUT2D eigenvalue weighted by atomic mass is 16.5. The molecule has 4 amide bonds. The average Bonchev–Trinajstić information content (AvgIpc) is 2.78. The van der Waals surface area contributed by atoms with Gasteiger partial charge in [0.05, 0.1) is 0 Å². The Bertz CT molecular complexity index is 744. The van der Waals surface area contributed by atoms with E-state index in [1.54, 1.807) is 19.1 Å². The third-order valence-corrected chi connectivity index (χ3v) is 4.29. The molecular weight excluding hydrogens is 338 g/mol. The molecule has 2 atom stereocenters. The lowest BCUT2D eigenvalue weighted by atomic mass is 9.91. The first-order chi connectivity index (χ1) is 12.1. The largest absolute Gasteiger partial charge is 0.451 e. The van der Waals surface area contributed by atoms with Gasteiger partial charge in [0.15, 0.2) is 6.10 Å². The number of amides is 4. The fourth-order valence-corrected chi connectivity index (χ4v) is 2.70. The second-order valence-electron chi connectivity index (χ2n) is 6.68. The van der Waals surface area contributed by atoms with Crippen molar-refractivity contribution in [2.75, 3.05) is 20.6 Å². The topological polar surface area (TPSA) is 96.0 Å². The van der Waals surface area contributed by atoms with Crippen LogP contribution in [0.2, 0.25) is 0 Å². The highest BCUT2D eigenvalue weighted by Crippen LogP contribution is 2.28. The Morgan fingerprint density at radius 3 is 2.35 bits per heavy atom. The maximum atomic E-state index is 12.7. The second kappa shape index (κ2) is 7.15. The number of rotatable bonds is 5. The van der Waals surface area contributed by atoms with Gasteiger partial charge in [0.2, 0.25) is 0 Å². The summed E-state index contributed by atoms with van der Waals surface area (Å²) in [6.45, 7) is 4.38. The van der Waals surface area contributed by atoms with Crippen molar-refractivity contribution in [2.24, 2.45) is 0 Å². The van der Waals surface area contributed by atoms with Crippen LogP contribution in [0.5, 0.6) is 0 Å². The molecule has 1 fully saturated rings. The van der Waals surface area contributed by atoms with Gasteiger partial charge < -0.3 is 15.0 Å². The van der Waals surface area contributed by atoms with Gasteiger partial charge in [0, 0.05) is 14.1 Å². The average molecular weight is 361 g/mol. The molecule has 1 N–H and O–H groups in total. The molecule has 1 aliphatic rings. The fraction of sp³-hybridized carbons (Fsp3) is 0.444. The molecule has 1 saturated heterocycles. The molecule has 8 nitrogen and oxygen atoms in total. The zero-order valence-corrected chi connectivity index (χ0v) is 15.5. The monoisotopic (exact) mass is 361 g/mol. The Labute approximate surface area is 152 Å². The van der Waals surface area contributed by atoms with Gasteiger partial charge in [0.25, 0.3) is 11.8 Å². The van der Waals surface area contributed by atoms with Gasteiger partial charge in [-0.15, -0.1) is 0 Å². The maximum Gasteiger partial charge on any atom is 0.327 e. The predicted octanol–water partition coefficient (Wildman–Crippen LogP) is 0.782. The zero-order chi connectivity index (χ0) is 19.6. The number of carbonyl (C=O) groups excluding carboxylic acids is 4. The van der Waals surface area contributed by atoms with Gasteiger partial charge in [-0.25, -0.2) is 4.79 Å². The summed E-state index contributed by atoms with van der Waals surface area (Å²) in [5.41, 5.74) is 0.387. The van der Waals surface area contributed by atoms with Crippen LogP contribution in [0.1, 0.15) is 25.0 Å². The van der Waals surface area contributed by atoms with Crippen LogP contribution in [-0.4, -0.2) is 60.4 Å². The Morgan fingerprint density at radius 2 is 1.81 bits per heavy atom. The predicted molar refractivity (Wildman–Crippen MR) is 93.0 cm³/mol. The summed E-state index contributed by atoms with van der Waals surface area (Å²) < 4.78 is 5.02. The van der Waals surface area contributed by atoms with E-state index in [1.165, 1.54) is 25.9 Å². The van der Waals surface area contributed by atoms with Gasteiger partial charge in [-0.1, -0.05) is 29.8 Å². The molecule has 0 saturated carbocycles. The van der Waals surface area contributed by atoms with Crippen LogP contribution in [-0.2, 0) is 24.7 Å². The summed E-state index contributed by atoms with van der Waals surface area (Å²) >= 11 is 0. The minimum atomic E-state index is -1.25. The van der Waals surface area contributed by atoms with E-state index in [9.17, 15) is 19.2 Å². The summed E-state index contributed by atoms with van der Waals surface area (Å²) in [6, 6.07) is 6.51. The molecule has 0 aromatic heterocycles.